The van der Waals surface area contributed by atoms with Gasteiger partial charge in [0.25, 0.3) is 0 Å². The molecule has 0 aromatic heterocycles. The summed E-state index contributed by atoms with van der Waals surface area (Å²) in [6.07, 6.45) is 23.2. The zero-order chi connectivity index (χ0) is 14.5. The molecule has 0 saturated heterocycles. The van der Waals surface area contributed by atoms with Gasteiger partial charge in [-0.05, 0) is 55.3 Å². The molecule has 0 atom stereocenters. The molecule has 0 amide bonds. The summed E-state index contributed by atoms with van der Waals surface area (Å²) in [7, 11) is 0. The second kappa shape index (κ2) is 8.02. The van der Waals surface area contributed by atoms with E-state index < -0.39 is 0 Å². The van der Waals surface area contributed by atoms with Crippen LogP contribution in [0.1, 0.15) is 103 Å². The van der Waals surface area contributed by atoms with Gasteiger partial charge in [0.05, 0.1) is 0 Å². The van der Waals surface area contributed by atoms with E-state index in [1.54, 1.807) is 70.6 Å². The molecule has 0 nitrogen and oxygen atoms in total. The maximum absolute atomic E-state index is 2.46. The molecule has 3 aliphatic rings. The van der Waals surface area contributed by atoms with Crippen molar-refractivity contribution in [3.63, 3.8) is 0 Å². The van der Waals surface area contributed by atoms with Gasteiger partial charge in [-0.15, -0.1) is 0 Å². The summed E-state index contributed by atoms with van der Waals surface area (Å²) in [4.78, 5) is 0. The first kappa shape index (κ1) is 15.9. The molecule has 3 rings (SSSR count). The predicted octanol–water partition coefficient (Wildman–Crippen LogP) is 6.98. The molecule has 0 aliphatic heterocycles. The SMILES string of the molecule is CC1CCC(C2CCC(CCCC3CCCC3)CC2)CC1. The van der Waals surface area contributed by atoms with Crippen molar-refractivity contribution in [2.24, 2.45) is 29.6 Å². The standard InChI is InChI=1S/C21H38/c1-17-9-13-20(14-10-17)21-15-11-19(12-16-21)8-4-7-18-5-2-3-6-18/h17-21H,2-16H2,1H3. The Labute approximate surface area is 133 Å². The summed E-state index contributed by atoms with van der Waals surface area (Å²) in [5.41, 5.74) is 0. The van der Waals surface area contributed by atoms with Gasteiger partial charge >= 0.3 is 0 Å². The van der Waals surface area contributed by atoms with Crippen LogP contribution in [-0.2, 0) is 0 Å². The summed E-state index contributed by atoms with van der Waals surface area (Å²) in [6, 6.07) is 0. The quantitative estimate of drug-likeness (QED) is 0.512. The molecular weight excluding hydrogens is 252 g/mol. The van der Waals surface area contributed by atoms with Crippen molar-refractivity contribution < 1.29 is 0 Å². The molecule has 0 heteroatoms. The van der Waals surface area contributed by atoms with E-state index in [4.69, 9.17) is 0 Å². The van der Waals surface area contributed by atoms with Gasteiger partial charge < -0.3 is 0 Å². The summed E-state index contributed by atoms with van der Waals surface area (Å²) in [5.74, 6) is 5.47. The van der Waals surface area contributed by atoms with Gasteiger partial charge in [0, 0.05) is 0 Å². The average molecular weight is 291 g/mol. The van der Waals surface area contributed by atoms with E-state index >= 15 is 0 Å². The van der Waals surface area contributed by atoms with Gasteiger partial charge in [0.2, 0.25) is 0 Å². The van der Waals surface area contributed by atoms with E-state index in [-0.39, 0.29) is 0 Å². The van der Waals surface area contributed by atoms with Gasteiger partial charge in [-0.2, -0.15) is 0 Å². The van der Waals surface area contributed by atoms with E-state index in [1.807, 2.05) is 0 Å². The van der Waals surface area contributed by atoms with Crippen LogP contribution in [0, 0.1) is 29.6 Å². The van der Waals surface area contributed by atoms with Gasteiger partial charge in [-0.1, -0.05) is 77.6 Å². The Balaban J connectivity index is 1.29. The third-order valence-electron chi connectivity index (χ3n) is 7.32. The fourth-order valence-corrected chi connectivity index (χ4v) is 5.70. The lowest BCUT2D eigenvalue weighted by molar-refractivity contribution is 0.146. The Morgan fingerprint density at radius 2 is 1.05 bits per heavy atom. The third kappa shape index (κ3) is 4.73. The maximum Gasteiger partial charge on any atom is -0.0386 e. The molecule has 3 fully saturated rings. The highest BCUT2D eigenvalue weighted by Gasteiger charge is 2.29. The highest BCUT2D eigenvalue weighted by Crippen LogP contribution is 2.42. The minimum atomic E-state index is 1.02. The number of rotatable bonds is 5. The zero-order valence-electron chi connectivity index (χ0n) is 14.5. The molecule has 3 saturated carbocycles. The van der Waals surface area contributed by atoms with Crippen LogP contribution >= 0.6 is 0 Å². The molecule has 0 aromatic rings. The van der Waals surface area contributed by atoms with Crippen molar-refractivity contribution in [2.75, 3.05) is 0 Å². The van der Waals surface area contributed by atoms with Crippen LogP contribution in [0.3, 0.4) is 0 Å². The van der Waals surface area contributed by atoms with Crippen LogP contribution in [0.5, 0.6) is 0 Å². The van der Waals surface area contributed by atoms with Crippen LogP contribution in [-0.4, -0.2) is 0 Å². The summed E-state index contributed by atoms with van der Waals surface area (Å²) in [6.45, 7) is 2.46. The second-order valence-electron chi connectivity index (χ2n) is 8.88. The maximum atomic E-state index is 2.46. The zero-order valence-corrected chi connectivity index (χ0v) is 14.5. The van der Waals surface area contributed by atoms with E-state index in [0.29, 0.717) is 0 Å². The van der Waals surface area contributed by atoms with Crippen molar-refractivity contribution in [1.29, 1.82) is 0 Å². The lowest BCUT2D eigenvalue weighted by Gasteiger charge is -2.37. The number of hydrogen-bond donors (Lipinski definition) is 0. The molecule has 0 heterocycles. The molecule has 3 aliphatic carbocycles. The van der Waals surface area contributed by atoms with Crippen LogP contribution in [0.25, 0.3) is 0 Å². The first-order valence-corrected chi connectivity index (χ1v) is 10.3. The fourth-order valence-electron chi connectivity index (χ4n) is 5.70. The topological polar surface area (TPSA) is 0 Å². The van der Waals surface area contributed by atoms with Gasteiger partial charge in [0.1, 0.15) is 0 Å². The molecule has 122 valence electrons. The lowest BCUT2D eigenvalue weighted by Crippen LogP contribution is -2.25. The van der Waals surface area contributed by atoms with Gasteiger partial charge in [-0.3, -0.25) is 0 Å². The Kier molecular flexibility index (Phi) is 6.07. The monoisotopic (exact) mass is 290 g/mol. The Morgan fingerprint density at radius 3 is 1.62 bits per heavy atom. The van der Waals surface area contributed by atoms with E-state index in [0.717, 1.165) is 29.6 Å². The van der Waals surface area contributed by atoms with Crippen LogP contribution in [0.15, 0.2) is 0 Å². The van der Waals surface area contributed by atoms with Crippen molar-refractivity contribution in [3.05, 3.63) is 0 Å². The first-order valence-electron chi connectivity index (χ1n) is 10.3. The van der Waals surface area contributed by atoms with Crippen LogP contribution < -0.4 is 0 Å². The second-order valence-corrected chi connectivity index (χ2v) is 8.88. The summed E-state index contributed by atoms with van der Waals surface area (Å²) in [5, 5.41) is 0. The fraction of sp³-hybridized carbons (Fsp3) is 1.00. The highest BCUT2D eigenvalue weighted by atomic mass is 14.4. The molecule has 0 radical (unpaired) electrons. The molecule has 0 spiro atoms. The summed E-state index contributed by atoms with van der Waals surface area (Å²) >= 11 is 0. The lowest BCUT2D eigenvalue weighted by atomic mass is 9.69. The first-order chi connectivity index (χ1) is 10.3. The van der Waals surface area contributed by atoms with Crippen molar-refractivity contribution in [3.8, 4) is 0 Å². The Bertz CT molecular complexity index is 272. The Morgan fingerprint density at radius 1 is 0.571 bits per heavy atom. The van der Waals surface area contributed by atoms with Crippen molar-refractivity contribution >= 4 is 0 Å². The van der Waals surface area contributed by atoms with Gasteiger partial charge in [-0.25, -0.2) is 0 Å². The average Bonchev–Trinajstić information content (AvgIpc) is 3.02. The molecule has 0 bridgehead atoms. The Hall–Kier alpha value is 0. The van der Waals surface area contributed by atoms with Crippen molar-refractivity contribution in [1.82, 2.24) is 0 Å². The van der Waals surface area contributed by atoms with Crippen molar-refractivity contribution in [2.45, 2.75) is 103 Å². The smallest absolute Gasteiger partial charge is 0.0386 e. The largest absolute Gasteiger partial charge is 0.0625 e. The number of hydrogen-bond acceptors (Lipinski definition) is 0. The van der Waals surface area contributed by atoms with Crippen LogP contribution in [0.2, 0.25) is 0 Å². The predicted molar refractivity (Wildman–Crippen MR) is 92.4 cm³/mol. The summed E-state index contributed by atoms with van der Waals surface area (Å²) < 4.78 is 0. The van der Waals surface area contributed by atoms with Crippen LogP contribution in [0.4, 0.5) is 0 Å². The molecule has 0 aromatic carbocycles. The normalized spacial score (nSPS) is 38.7. The van der Waals surface area contributed by atoms with Gasteiger partial charge in [0.15, 0.2) is 0 Å². The van der Waals surface area contributed by atoms with E-state index in [9.17, 15) is 0 Å². The molecule has 0 N–H and O–H groups in total. The highest BCUT2D eigenvalue weighted by molar-refractivity contribution is 4.81. The van der Waals surface area contributed by atoms with E-state index in [1.165, 1.54) is 25.7 Å². The molecule has 0 unspecified atom stereocenters. The minimum absolute atomic E-state index is 1.02. The molecule has 21 heavy (non-hydrogen) atoms. The minimum Gasteiger partial charge on any atom is -0.0625 e. The molecular formula is C21H38. The third-order valence-corrected chi connectivity index (χ3v) is 7.32. The van der Waals surface area contributed by atoms with E-state index in [2.05, 4.69) is 6.92 Å².